The van der Waals surface area contributed by atoms with Crippen molar-refractivity contribution in [1.82, 2.24) is 4.90 Å². The van der Waals surface area contributed by atoms with Crippen molar-refractivity contribution in [3.8, 4) is 0 Å². The van der Waals surface area contributed by atoms with Crippen LogP contribution in [0.2, 0.25) is 0 Å². The van der Waals surface area contributed by atoms with Gasteiger partial charge in [0.25, 0.3) is 0 Å². The molecular formula is C14H22N2. The van der Waals surface area contributed by atoms with Gasteiger partial charge in [-0.3, -0.25) is 0 Å². The minimum Gasteiger partial charge on any atom is -0.382 e. The molecule has 1 N–H and O–H groups in total. The fourth-order valence-corrected chi connectivity index (χ4v) is 2.53. The van der Waals surface area contributed by atoms with Crippen molar-refractivity contribution in [3.05, 3.63) is 30.3 Å². The Hall–Kier alpha value is -1.02. The van der Waals surface area contributed by atoms with Crippen LogP contribution in [-0.2, 0) is 0 Å². The molecule has 1 fully saturated rings. The van der Waals surface area contributed by atoms with Crippen LogP contribution < -0.4 is 5.32 Å². The second-order valence-electron chi connectivity index (χ2n) is 4.96. The molecule has 0 bridgehead atoms. The molecule has 16 heavy (non-hydrogen) atoms. The first-order valence-corrected chi connectivity index (χ1v) is 6.26. The maximum atomic E-state index is 3.61. The Morgan fingerprint density at radius 2 is 2.06 bits per heavy atom. The Morgan fingerprint density at radius 1 is 1.31 bits per heavy atom. The van der Waals surface area contributed by atoms with E-state index in [1.165, 1.54) is 31.6 Å². The summed E-state index contributed by atoms with van der Waals surface area (Å²) in [5, 5.41) is 3.61. The van der Waals surface area contributed by atoms with Gasteiger partial charge in [-0.25, -0.2) is 0 Å². The lowest BCUT2D eigenvalue weighted by Crippen LogP contribution is -2.39. The predicted molar refractivity (Wildman–Crippen MR) is 69.7 cm³/mol. The first-order chi connectivity index (χ1) is 7.75. The summed E-state index contributed by atoms with van der Waals surface area (Å²) in [5.41, 5.74) is 1.24. The number of nitrogens with zero attached hydrogens (tertiary/aromatic N) is 1. The number of piperidine rings is 1. The van der Waals surface area contributed by atoms with E-state index in [2.05, 4.69) is 54.5 Å². The van der Waals surface area contributed by atoms with E-state index in [1.807, 2.05) is 0 Å². The number of likely N-dealkylation sites (tertiary alicyclic amines) is 1. The van der Waals surface area contributed by atoms with Crippen LogP contribution >= 0.6 is 0 Å². The lowest BCUT2D eigenvalue weighted by atomic mass is 9.92. The highest BCUT2D eigenvalue weighted by Gasteiger charge is 2.22. The molecule has 88 valence electrons. The van der Waals surface area contributed by atoms with Gasteiger partial charge in [0.2, 0.25) is 0 Å². The number of hydrogen-bond acceptors (Lipinski definition) is 2. The van der Waals surface area contributed by atoms with Gasteiger partial charge in [-0.05, 0) is 51.4 Å². The van der Waals surface area contributed by atoms with E-state index in [0.29, 0.717) is 6.04 Å². The number of benzene rings is 1. The van der Waals surface area contributed by atoms with Gasteiger partial charge in [0, 0.05) is 18.3 Å². The number of rotatable bonds is 3. The smallest absolute Gasteiger partial charge is 0.0342 e. The molecule has 1 aliphatic rings. The zero-order chi connectivity index (χ0) is 11.4. The summed E-state index contributed by atoms with van der Waals surface area (Å²) >= 11 is 0. The number of hydrogen-bond donors (Lipinski definition) is 1. The molecule has 0 saturated carbocycles. The predicted octanol–water partition coefficient (Wildman–Crippen LogP) is 2.83. The lowest BCUT2D eigenvalue weighted by molar-refractivity contribution is 0.197. The Kier molecular flexibility index (Phi) is 3.83. The van der Waals surface area contributed by atoms with Crippen molar-refractivity contribution in [2.75, 3.05) is 25.5 Å². The van der Waals surface area contributed by atoms with Gasteiger partial charge in [-0.1, -0.05) is 18.2 Å². The van der Waals surface area contributed by atoms with E-state index in [0.717, 1.165) is 5.92 Å². The highest BCUT2D eigenvalue weighted by Crippen LogP contribution is 2.21. The quantitative estimate of drug-likeness (QED) is 0.839. The van der Waals surface area contributed by atoms with Gasteiger partial charge in [0.05, 0.1) is 0 Å². The highest BCUT2D eigenvalue weighted by molar-refractivity contribution is 5.43. The van der Waals surface area contributed by atoms with Crippen LogP contribution in [0.4, 0.5) is 5.69 Å². The minimum atomic E-state index is 0.560. The monoisotopic (exact) mass is 218 g/mol. The first kappa shape index (κ1) is 11.5. The van der Waals surface area contributed by atoms with Crippen LogP contribution in [0.1, 0.15) is 19.8 Å². The van der Waals surface area contributed by atoms with Gasteiger partial charge in [0.1, 0.15) is 0 Å². The summed E-state index contributed by atoms with van der Waals surface area (Å²) in [6.45, 7) is 4.78. The maximum Gasteiger partial charge on any atom is 0.0342 e. The summed E-state index contributed by atoms with van der Waals surface area (Å²) < 4.78 is 0. The molecule has 0 aromatic heterocycles. The van der Waals surface area contributed by atoms with Crippen molar-refractivity contribution in [2.24, 2.45) is 5.92 Å². The summed E-state index contributed by atoms with van der Waals surface area (Å²) in [5.74, 6) is 0.777. The third-order valence-corrected chi connectivity index (χ3v) is 3.54. The van der Waals surface area contributed by atoms with Crippen molar-refractivity contribution < 1.29 is 0 Å². The molecule has 2 heteroatoms. The van der Waals surface area contributed by atoms with Crippen molar-refractivity contribution >= 4 is 5.69 Å². The van der Waals surface area contributed by atoms with Gasteiger partial charge in [0.15, 0.2) is 0 Å². The Balaban J connectivity index is 1.90. The van der Waals surface area contributed by atoms with Crippen molar-refractivity contribution in [2.45, 2.75) is 25.8 Å². The minimum absolute atomic E-state index is 0.560. The average molecular weight is 218 g/mol. The largest absolute Gasteiger partial charge is 0.382 e. The van der Waals surface area contributed by atoms with E-state index in [9.17, 15) is 0 Å². The fraction of sp³-hybridized carbons (Fsp3) is 0.571. The van der Waals surface area contributed by atoms with Gasteiger partial charge in [-0.15, -0.1) is 0 Å². The third-order valence-electron chi connectivity index (χ3n) is 3.54. The molecule has 2 unspecified atom stereocenters. The summed E-state index contributed by atoms with van der Waals surface area (Å²) in [6.07, 6.45) is 2.69. The average Bonchev–Trinajstić information content (AvgIpc) is 2.30. The third kappa shape index (κ3) is 2.99. The standard InChI is InChI=1S/C14H22N2/c1-12(13-7-6-10-16(2)11-13)15-14-8-4-3-5-9-14/h3-5,8-9,12-13,15H,6-7,10-11H2,1-2H3. The number of para-hydroxylation sites is 1. The van der Waals surface area contributed by atoms with Gasteiger partial charge >= 0.3 is 0 Å². The SMILES string of the molecule is CC(Nc1ccccc1)C1CCCN(C)C1. The van der Waals surface area contributed by atoms with Crippen LogP contribution in [0.15, 0.2) is 30.3 Å². The molecule has 1 aliphatic heterocycles. The van der Waals surface area contributed by atoms with E-state index >= 15 is 0 Å². The van der Waals surface area contributed by atoms with E-state index < -0.39 is 0 Å². The van der Waals surface area contributed by atoms with Crippen LogP contribution in [0.25, 0.3) is 0 Å². The molecule has 2 atom stereocenters. The molecule has 0 aliphatic carbocycles. The Labute approximate surface area is 98.7 Å². The molecule has 2 nitrogen and oxygen atoms in total. The number of anilines is 1. The Morgan fingerprint density at radius 3 is 2.75 bits per heavy atom. The van der Waals surface area contributed by atoms with Crippen molar-refractivity contribution in [1.29, 1.82) is 0 Å². The summed E-state index contributed by atoms with van der Waals surface area (Å²) in [7, 11) is 2.22. The zero-order valence-electron chi connectivity index (χ0n) is 10.3. The van der Waals surface area contributed by atoms with Crippen LogP contribution in [-0.4, -0.2) is 31.1 Å². The molecule has 1 aromatic carbocycles. The molecule has 2 rings (SSSR count). The van der Waals surface area contributed by atoms with Gasteiger partial charge in [-0.2, -0.15) is 0 Å². The van der Waals surface area contributed by atoms with Crippen LogP contribution in [0.5, 0.6) is 0 Å². The van der Waals surface area contributed by atoms with E-state index in [1.54, 1.807) is 0 Å². The number of nitrogens with one attached hydrogen (secondary N) is 1. The summed E-state index contributed by atoms with van der Waals surface area (Å²) in [6, 6.07) is 11.1. The fourth-order valence-electron chi connectivity index (χ4n) is 2.53. The molecule has 0 spiro atoms. The van der Waals surface area contributed by atoms with E-state index in [-0.39, 0.29) is 0 Å². The van der Waals surface area contributed by atoms with E-state index in [4.69, 9.17) is 0 Å². The van der Waals surface area contributed by atoms with Crippen LogP contribution in [0.3, 0.4) is 0 Å². The van der Waals surface area contributed by atoms with Crippen molar-refractivity contribution in [3.63, 3.8) is 0 Å². The molecule has 0 amide bonds. The van der Waals surface area contributed by atoms with Gasteiger partial charge < -0.3 is 10.2 Å². The molecular weight excluding hydrogens is 196 g/mol. The topological polar surface area (TPSA) is 15.3 Å². The molecule has 0 radical (unpaired) electrons. The normalized spacial score (nSPS) is 24.0. The first-order valence-electron chi connectivity index (χ1n) is 6.26. The molecule has 1 aromatic rings. The second kappa shape index (κ2) is 5.35. The Bertz CT molecular complexity index is 310. The highest BCUT2D eigenvalue weighted by atomic mass is 15.1. The summed E-state index contributed by atoms with van der Waals surface area (Å²) in [4.78, 5) is 2.44. The molecule has 1 heterocycles. The van der Waals surface area contributed by atoms with Crippen LogP contribution in [0, 0.1) is 5.92 Å². The maximum absolute atomic E-state index is 3.61. The lowest BCUT2D eigenvalue weighted by Gasteiger charge is -2.34. The zero-order valence-corrected chi connectivity index (χ0v) is 10.3. The molecule has 1 saturated heterocycles. The second-order valence-corrected chi connectivity index (χ2v) is 4.96.